The number of hydrogen-bond acceptors (Lipinski definition) is 6. The molecule has 0 saturated carbocycles. The smallest absolute Gasteiger partial charge is 0.252 e. The number of anilines is 1. The summed E-state index contributed by atoms with van der Waals surface area (Å²) in [4.78, 5) is 27.8. The molecule has 1 aromatic heterocycles. The van der Waals surface area contributed by atoms with E-state index in [9.17, 15) is 18.0 Å². The summed E-state index contributed by atoms with van der Waals surface area (Å²) in [5.74, 6) is -1.14. The van der Waals surface area contributed by atoms with Crippen molar-refractivity contribution in [2.75, 3.05) is 4.90 Å². The number of carbonyl (C=O) groups excluding carboxylic acids is 2. The number of thiophene rings is 1. The Hall–Kier alpha value is -3.03. The average molecular weight is 486 g/mol. The van der Waals surface area contributed by atoms with Gasteiger partial charge in [-0.15, -0.1) is 11.3 Å². The minimum atomic E-state index is -4.11. The monoisotopic (exact) mass is 485 g/mol. The molecule has 2 amide bonds. The first-order chi connectivity index (χ1) is 15.3. The summed E-state index contributed by atoms with van der Waals surface area (Å²) in [6, 6.07) is 16.0. The number of rotatable bonds is 6. The molecule has 2 heterocycles. The molecule has 0 bridgehead atoms. The molecule has 1 aliphatic rings. The first kappa shape index (κ1) is 22.2. The van der Waals surface area contributed by atoms with Gasteiger partial charge in [0, 0.05) is 16.4 Å². The van der Waals surface area contributed by atoms with Gasteiger partial charge in [0.25, 0.3) is 5.91 Å². The van der Waals surface area contributed by atoms with Crippen LogP contribution in [0.2, 0.25) is 5.02 Å². The van der Waals surface area contributed by atoms with Crippen molar-refractivity contribution in [2.45, 2.75) is 23.9 Å². The zero-order valence-electron chi connectivity index (χ0n) is 16.5. The maximum Gasteiger partial charge on any atom is 0.252 e. The summed E-state index contributed by atoms with van der Waals surface area (Å²) in [5, 5.41) is 11.2. The van der Waals surface area contributed by atoms with Crippen LogP contribution in [0.1, 0.15) is 16.9 Å². The fourth-order valence-corrected chi connectivity index (χ4v) is 5.93. The maximum atomic E-state index is 13.5. The number of halogens is 1. The SMILES string of the molecule is N#Cc1ccc(N2C(=O)CC(N(Cc3cccs3)S(=O)(=O)c3ccc(Cl)cc3)C2=O)cc1. The van der Waals surface area contributed by atoms with E-state index in [-0.39, 0.29) is 17.9 Å². The molecule has 2 aromatic carbocycles. The number of amides is 2. The zero-order chi connectivity index (χ0) is 22.9. The van der Waals surface area contributed by atoms with Crippen LogP contribution in [0.3, 0.4) is 0 Å². The van der Waals surface area contributed by atoms with Crippen molar-refractivity contribution < 1.29 is 18.0 Å². The van der Waals surface area contributed by atoms with Crippen LogP contribution in [0.4, 0.5) is 5.69 Å². The molecule has 162 valence electrons. The van der Waals surface area contributed by atoms with Gasteiger partial charge in [-0.05, 0) is 60.0 Å². The van der Waals surface area contributed by atoms with E-state index < -0.39 is 27.9 Å². The van der Waals surface area contributed by atoms with Crippen molar-refractivity contribution in [3.63, 3.8) is 0 Å². The third kappa shape index (κ3) is 4.18. The van der Waals surface area contributed by atoms with Gasteiger partial charge in [-0.1, -0.05) is 17.7 Å². The topological polar surface area (TPSA) is 98.5 Å². The van der Waals surface area contributed by atoms with Crippen LogP contribution < -0.4 is 4.90 Å². The number of carbonyl (C=O) groups is 2. The molecule has 0 aliphatic carbocycles. The summed E-state index contributed by atoms with van der Waals surface area (Å²) in [5.41, 5.74) is 0.676. The lowest BCUT2D eigenvalue weighted by Gasteiger charge is -2.26. The van der Waals surface area contributed by atoms with Gasteiger partial charge >= 0.3 is 0 Å². The molecule has 10 heteroatoms. The van der Waals surface area contributed by atoms with Gasteiger partial charge in [-0.2, -0.15) is 9.57 Å². The van der Waals surface area contributed by atoms with Crippen LogP contribution in [0.15, 0.2) is 70.9 Å². The Labute approximate surface area is 194 Å². The second kappa shape index (κ2) is 8.84. The van der Waals surface area contributed by atoms with Crippen LogP contribution in [-0.2, 0) is 26.2 Å². The van der Waals surface area contributed by atoms with E-state index in [1.54, 1.807) is 12.1 Å². The van der Waals surface area contributed by atoms with Crippen LogP contribution in [-0.4, -0.2) is 30.6 Å². The quantitative estimate of drug-likeness (QED) is 0.494. The lowest BCUT2D eigenvalue weighted by atomic mass is 10.2. The summed E-state index contributed by atoms with van der Waals surface area (Å²) in [6.45, 7) is -0.0481. The summed E-state index contributed by atoms with van der Waals surface area (Å²) < 4.78 is 28.1. The Morgan fingerprint density at radius 2 is 1.78 bits per heavy atom. The number of nitrogens with zero attached hydrogens (tertiary/aromatic N) is 3. The van der Waals surface area contributed by atoms with Gasteiger partial charge in [-0.25, -0.2) is 13.3 Å². The molecule has 1 aliphatic heterocycles. The third-order valence-corrected chi connectivity index (χ3v) is 8.02. The van der Waals surface area contributed by atoms with E-state index in [4.69, 9.17) is 16.9 Å². The van der Waals surface area contributed by atoms with Crippen molar-refractivity contribution in [3.05, 3.63) is 81.5 Å². The van der Waals surface area contributed by atoms with Crippen LogP contribution in [0.5, 0.6) is 0 Å². The maximum absolute atomic E-state index is 13.5. The van der Waals surface area contributed by atoms with Gasteiger partial charge in [0.1, 0.15) is 6.04 Å². The summed E-state index contributed by atoms with van der Waals surface area (Å²) in [7, 11) is -4.11. The molecule has 0 radical (unpaired) electrons. The number of hydrogen-bond donors (Lipinski definition) is 0. The predicted octanol–water partition coefficient (Wildman–Crippen LogP) is 3.80. The lowest BCUT2D eigenvalue weighted by Crippen LogP contribution is -2.44. The molecule has 32 heavy (non-hydrogen) atoms. The Morgan fingerprint density at radius 3 is 2.38 bits per heavy atom. The van der Waals surface area contributed by atoms with Crippen molar-refractivity contribution in [3.8, 4) is 6.07 Å². The zero-order valence-corrected chi connectivity index (χ0v) is 18.9. The van der Waals surface area contributed by atoms with E-state index in [0.29, 0.717) is 16.3 Å². The number of nitriles is 1. The first-order valence-electron chi connectivity index (χ1n) is 9.48. The molecule has 1 unspecified atom stereocenters. The number of sulfonamides is 1. The Balaban J connectivity index is 1.72. The van der Waals surface area contributed by atoms with Gasteiger partial charge in [0.05, 0.1) is 28.6 Å². The third-order valence-electron chi connectivity index (χ3n) is 5.04. The van der Waals surface area contributed by atoms with Crippen LogP contribution in [0.25, 0.3) is 0 Å². The highest BCUT2D eigenvalue weighted by Gasteiger charge is 2.47. The van der Waals surface area contributed by atoms with E-state index in [1.165, 1.54) is 59.9 Å². The molecule has 1 saturated heterocycles. The Morgan fingerprint density at radius 1 is 1.09 bits per heavy atom. The first-order valence-corrected chi connectivity index (χ1v) is 12.2. The molecule has 1 fully saturated rings. The molecular weight excluding hydrogens is 470 g/mol. The van der Waals surface area contributed by atoms with E-state index in [0.717, 1.165) is 14.1 Å². The highest BCUT2D eigenvalue weighted by molar-refractivity contribution is 7.89. The Kier molecular flexibility index (Phi) is 6.13. The molecule has 3 aromatic rings. The molecule has 7 nitrogen and oxygen atoms in total. The largest absolute Gasteiger partial charge is 0.274 e. The molecule has 1 atom stereocenters. The van der Waals surface area contributed by atoms with Gasteiger partial charge < -0.3 is 0 Å². The predicted molar refractivity (Wildman–Crippen MR) is 121 cm³/mol. The van der Waals surface area contributed by atoms with Crippen molar-refractivity contribution in [1.82, 2.24) is 4.31 Å². The Bertz CT molecular complexity index is 1300. The van der Waals surface area contributed by atoms with Gasteiger partial charge in [0.2, 0.25) is 15.9 Å². The van der Waals surface area contributed by atoms with E-state index >= 15 is 0 Å². The highest BCUT2D eigenvalue weighted by Crippen LogP contribution is 2.31. The summed E-state index contributed by atoms with van der Waals surface area (Å²) >= 11 is 7.26. The minimum Gasteiger partial charge on any atom is -0.274 e. The van der Waals surface area contributed by atoms with Crippen LogP contribution in [0, 0.1) is 11.3 Å². The van der Waals surface area contributed by atoms with Crippen molar-refractivity contribution in [1.29, 1.82) is 5.26 Å². The number of imide groups is 1. The van der Waals surface area contributed by atoms with Gasteiger partial charge in [0.15, 0.2) is 0 Å². The standard InChI is InChI=1S/C22H16ClN3O4S2/c23-16-5-9-19(10-6-16)32(29,30)25(14-18-2-1-11-31-18)20-12-21(27)26(22(20)28)17-7-3-15(13-24)4-8-17/h1-11,20H,12,14H2. The van der Waals surface area contributed by atoms with Crippen molar-refractivity contribution >= 4 is 50.5 Å². The van der Waals surface area contributed by atoms with E-state index in [2.05, 4.69) is 0 Å². The normalized spacial score (nSPS) is 16.5. The second-order valence-electron chi connectivity index (χ2n) is 7.03. The fraction of sp³-hybridized carbons (Fsp3) is 0.136. The number of benzene rings is 2. The average Bonchev–Trinajstić information content (AvgIpc) is 3.40. The highest BCUT2D eigenvalue weighted by atomic mass is 35.5. The van der Waals surface area contributed by atoms with Crippen LogP contribution >= 0.6 is 22.9 Å². The van der Waals surface area contributed by atoms with E-state index in [1.807, 2.05) is 11.4 Å². The van der Waals surface area contributed by atoms with Gasteiger partial charge in [-0.3, -0.25) is 9.59 Å². The summed E-state index contributed by atoms with van der Waals surface area (Å²) in [6.07, 6.45) is -0.281. The second-order valence-corrected chi connectivity index (χ2v) is 10.4. The minimum absolute atomic E-state index is 0.0180. The van der Waals surface area contributed by atoms with Crippen molar-refractivity contribution in [2.24, 2.45) is 0 Å². The fourth-order valence-electron chi connectivity index (χ4n) is 3.46. The molecule has 4 rings (SSSR count). The molecular formula is C22H16ClN3O4S2. The lowest BCUT2D eigenvalue weighted by molar-refractivity contribution is -0.122. The molecule has 0 N–H and O–H groups in total. The molecule has 0 spiro atoms.